The highest BCUT2D eigenvalue weighted by Gasteiger charge is 2.34. The number of ether oxygens (including phenoxy) is 1. The summed E-state index contributed by atoms with van der Waals surface area (Å²) >= 11 is 0. The molecule has 1 fully saturated rings. The summed E-state index contributed by atoms with van der Waals surface area (Å²) in [6, 6.07) is -0.429. The van der Waals surface area contributed by atoms with Crippen LogP contribution in [-0.2, 0) is 16.0 Å². The molecule has 0 spiro atoms. The quantitative estimate of drug-likeness (QED) is 0.862. The average Bonchev–Trinajstić information content (AvgIpc) is 3.04. The van der Waals surface area contributed by atoms with Gasteiger partial charge >= 0.3 is 0 Å². The van der Waals surface area contributed by atoms with E-state index in [1.807, 2.05) is 4.90 Å². The summed E-state index contributed by atoms with van der Waals surface area (Å²) in [6.45, 7) is 2.15. The van der Waals surface area contributed by atoms with Gasteiger partial charge in [-0.2, -0.15) is 0 Å². The number of aromatic nitrogens is 1. The van der Waals surface area contributed by atoms with Gasteiger partial charge in [0, 0.05) is 26.1 Å². The van der Waals surface area contributed by atoms with Crippen molar-refractivity contribution in [2.45, 2.75) is 31.4 Å². The van der Waals surface area contributed by atoms with Crippen LogP contribution in [0.2, 0.25) is 0 Å². The van der Waals surface area contributed by atoms with Gasteiger partial charge in [-0.05, 0) is 19.9 Å². The molecule has 6 heteroatoms. The maximum atomic E-state index is 12.5. The number of carbonyl (C=O) groups is 1. The van der Waals surface area contributed by atoms with Crippen molar-refractivity contribution in [3.05, 3.63) is 17.8 Å². The number of likely N-dealkylation sites (N-methyl/N-ethyl adjacent to an activating group) is 1. The molecule has 1 aromatic heterocycles. The Balaban J connectivity index is 1.77. The van der Waals surface area contributed by atoms with Gasteiger partial charge < -0.3 is 19.4 Å². The Bertz CT molecular complexity index is 454. The van der Waals surface area contributed by atoms with Crippen LogP contribution in [0.25, 0.3) is 0 Å². The summed E-state index contributed by atoms with van der Waals surface area (Å²) in [7, 11) is 1.77. The highest BCUT2D eigenvalue weighted by Crippen LogP contribution is 2.25. The Kier molecular flexibility index (Phi) is 3.52. The first kappa shape index (κ1) is 12.6. The molecule has 0 aromatic carbocycles. The standard InChI is InChI=1S/C13H19N3O3/c1-14-11-12-10(15-8-19-12)4-5-16(13(11)17)7-9-3-2-6-18-9/h8-9,11,14H,2-7H2,1H3. The number of oxazole rings is 1. The molecule has 1 amide bonds. The first-order valence-corrected chi connectivity index (χ1v) is 6.79. The SMILES string of the molecule is CNC1C(=O)N(CC2CCCO2)CCc2ncoc21. The molecule has 1 N–H and O–H groups in total. The molecule has 0 radical (unpaired) electrons. The fourth-order valence-corrected chi connectivity index (χ4v) is 2.82. The van der Waals surface area contributed by atoms with Crippen LogP contribution in [-0.4, -0.2) is 48.6 Å². The number of carbonyl (C=O) groups excluding carboxylic acids is 1. The Hall–Kier alpha value is -1.40. The van der Waals surface area contributed by atoms with Crippen LogP contribution >= 0.6 is 0 Å². The van der Waals surface area contributed by atoms with Crippen LogP contribution in [0.4, 0.5) is 0 Å². The third kappa shape index (κ3) is 2.37. The number of hydrogen-bond acceptors (Lipinski definition) is 5. The number of nitrogens with one attached hydrogen (secondary N) is 1. The van der Waals surface area contributed by atoms with E-state index in [4.69, 9.17) is 9.15 Å². The molecular weight excluding hydrogens is 246 g/mol. The number of amides is 1. The number of nitrogens with zero attached hydrogens (tertiary/aromatic N) is 2. The Morgan fingerprint density at radius 2 is 2.47 bits per heavy atom. The molecule has 104 valence electrons. The van der Waals surface area contributed by atoms with Gasteiger partial charge in [-0.15, -0.1) is 0 Å². The molecule has 2 atom stereocenters. The lowest BCUT2D eigenvalue weighted by atomic mass is 10.1. The van der Waals surface area contributed by atoms with Crippen LogP contribution in [0.1, 0.15) is 30.3 Å². The molecule has 2 unspecified atom stereocenters. The van der Waals surface area contributed by atoms with Crippen molar-refractivity contribution in [2.75, 3.05) is 26.7 Å². The molecule has 3 heterocycles. The average molecular weight is 265 g/mol. The fourth-order valence-electron chi connectivity index (χ4n) is 2.82. The van der Waals surface area contributed by atoms with Gasteiger partial charge in [0.15, 0.2) is 12.2 Å². The van der Waals surface area contributed by atoms with E-state index < -0.39 is 6.04 Å². The molecular formula is C13H19N3O3. The van der Waals surface area contributed by atoms with Crippen molar-refractivity contribution in [3.8, 4) is 0 Å². The lowest BCUT2D eigenvalue weighted by molar-refractivity contribution is -0.135. The third-order valence-corrected chi connectivity index (χ3v) is 3.85. The zero-order valence-electron chi connectivity index (χ0n) is 11.1. The highest BCUT2D eigenvalue weighted by atomic mass is 16.5. The summed E-state index contributed by atoms with van der Waals surface area (Å²) in [5.41, 5.74) is 0.877. The van der Waals surface area contributed by atoms with E-state index in [-0.39, 0.29) is 12.0 Å². The number of hydrogen-bond donors (Lipinski definition) is 1. The minimum absolute atomic E-state index is 0.0495. The summed E-state index contributed by atoms with van der Waals surface area (Å²) in [5, 5.41) is 3.03. The number of rotatable bonds is 3. The van der Waals surface area contributed by atoms with E-state index in [2.05, 4.69) is 10.3 Å². The summed E-state index contributed by atoms with van der Waals surface area (Å²) in [5.74, 6) is 0.704. The maximum Gasteiger partial charge on any atom is 0.247 e. The minimum Gasteiger partial charge on any atom is -0.446 e. The lowest BCUT2D eigenvalue weighted by Gasteiger charge is -2.26. The second kappa shape index (κ2) is 5.30. The van der Waals surface area contributed by atoms with Gasteiger partial charge in [-0.3, -0.25) is 4.79 Å². The van der Waals surface area contributed by atoms with E-state index in [0.717, 1.165) is 31.6 Å². The van der Waals surface area contributed by atoms with Crippen molar-refractivity contribution in [2.24, 2.45) is 0 Å². The summed E-state index contributed by atoms with van der Waals surface area (Å²) < 4.78 is 11.0. The van der Waals surface area contributed by atoms with Gasteiger partial charge in [0.2, 0.25) is 5.91 Å². The van der Waals surface area contributed by atoms with Crippen molar-refractivity contribution in [1.29, 1.82) is 0 Å². The Morgan fingerprint density at radius 1 is 1.58 bits per heavy atom. The molecule has 0 saturated carbocycles. The predicted octanol–water partition coefficient (Wildman–Crippen LogP) is 0.499. The molecule has 6 nitrogen and oxygen atoms in total. The zero-order valence-corrected chi connectivity index (χ0v) is 11.1. The monoisotopic (exact) mass is 265 g/mol. The molecule has 0 bridgehead atoms. The zero-order chi connectivity index (χ0) is 13.2. The normalized spacial score (nSPS) is 27.4. The van der Waals surface area contributed by atoms with Gasteiger partial charge in [0.05, 0.1) is 11.8 Å². The van der Waals surface area contributed by atoms with Crippen LogP contribution in [0.3, 0.4) is 0 Å². The van der Waals surface area contributed by atoms with Gasteiger partial charge in [-0.1, -0.05) is 0 Å². The first-order chi connectivity index (χ1) is 9.29. The van der Waals surface area contributed by atoms with E-state index in [0.29, 0.717) is 18.8 Å². The molecule has 2 aliphatic rings. The molecule has 1 saturated heterocycles. The van der Waals surface area contributed by atoms with Crippen LogP contribution < -0.4 is 5.32 Å². The Morgan fingerprint density at radius 3 is 3.21 bits per heavy atom. The first-order valence-electron chi connectivity index (χ1n) is 6.79. The number of fused-ring (bicyclic) bond motifs is 1. The smallest absolute Gasteiger partial charge is 0.247 e. The fraction of sp³-hybridized carbons (Fsp3) is 0.692. The van der Waals surface area contributed by atoms with Crippen molar-refractivity contribution in [3.63, 3.8) is 0 Å². The van der Waals surface area contributed by atoms with E-state index >= 15 is 0 Å². The van der Waals surface area contributed by atoms with Crippen molar-refractivity contribution >= 4 is 5.91 Å². The van der Waals surface area contributed by atoms with Crippen LogP contribution in [0, 0.1) is 0 Å². The molecule has 19 heavy (non-hydrogen) atoms. The lowest BCUT2D eigenvalue weighted by Crippen LogP contribution is -2.42. The maximum absolute atomic E-state index is 12.5. The minimum atomic E-state index is -0.429. The van der Waals surface area contributed by atoms with E-state index in [1.54, 1.807) is 7.05 Å². The third-order valence-electron chi connectivity index (χ3n) is 3.85. The largest absolute Gasteiger partial charge is 0.446 e. The van der Waals surface area contributed by atoms with Crippen molar-refractivity contribution < 1.29 is 13.9 Å². The Labute approximate surface area is 112 Å². The van der Waals surface area contributed by atoms with E-state index in [1.165, 1.54) is 6.39 Å². The topological polar surface area (TPSA) is 67.6 Å². The van der Waals surface area contributed by atoms with Gasteiger partial charge in [0.25, 0.3) is 0 Å². The van der Waals surface area contributed by atoms with Gasteiger partial charge in [-0.25, -0.2) is 4.98 Å². The van der Waals surface area contributed by atoms with E-state index in [9.17, 15) is 4.79 Å². The highest BCUT2D eigenvalue weighted by molar-refractivity contribution is 5.83. The summed E-state index contributed by atoms with van der Waals surface area (Å²) in [6.07, 6.45) is 4.46. The second-order valence-corrected chi connectivity index (χ2v) is 5.05. The second-order valence-electron chi connectivity index (χ2n) is 5.05. The van der Waals surface area contributed by atoms with Crippen molar-refractivity contribution in [1.82, 2.24) is 15.2 Å². The molecule has 3 rings (SSSR count). The van der Waals surface area contributed by atoms with Crippen LogP contribution in [0.5, 0.6) is 0 Å². The summed E-state index contributed by atoms with van der Waals surface area (Å²) in [4.78, 5) is 18.6. The predicted molar refractivity (Wildman–Crippen MR) is 67.6 cm³/mol. The molecule has 2 aliphatic heterocycles. The van der Waals surface area contributed by atoms with Crippen LogP contribution in [0.15, 0.2) is 10.8 Å². The van der Waals surface area contributed by atoms with Gasteiger partial charge in [0.1, 0.15) is 6.04 Å². The molecule has 1 aromatic rings. The molecule has 0 aliphatic carbocycles.